The maximum atomic E-state index is 11.9. The van der Waals surface area contributed by atoms with E-state index in [1.165, 1.54) is 0 Å². The second kappa shape index (κ2) is 5.65. The number of aliphatic hydroxyl groups is 1. The van der Waals surface area contributed by atoms with Gasteiger partial charge in [0, 0.05) is 19.2 Å². The first-order valence-corrected chi connectivity index (χ1v) is 5.54. The molecule has 0 aliphatic carbocycles. The molecule has 1 atom stereocenters. The molecule has 5 heteroatoms. The van der Waals surface area contributed by atoms with Gasteiger partial charge >= 0.3 is 0 Å². The molecule has 1 aromatic heterocycles. The van der Waals surface area contributed by atoms with Crippen LogP contribution in [-0.4, -0.2) is 33.4 Å². The summed E-state index contributed by atoms with van der Waals surface area (Å²) in [6, 6.07) is 1.74. The van der Waals surface area contributed by atoms with E-state index in [1.807, 2.05) is 20.8 Å². The van der Waals surface area contributed by atoms with Gasteiger partial charge < -0.3 is 10.4 Å². The molecule has 0 saturated heterocycles. The molecule has 0 fully saturated rings. The summed E-state index contributed by atoms with van der Waals surface area (Å²) < 4.78 is 1.68. The summed E-state index contributed by atoms with van der Waals surface area (Å²) in [5.41, 5.74) is 1.41. The average Bonchev–Trinajstić information content (AvgIpc) is 2.59. The molecule has 90 valence electrons. The number of hydrogen-bond donors (Lipinski definition) is 2. The predicted molar refractivity (Wildman–Crippen MR) is 61.3 cm³/mol. The highest BCUT2D eigenvalue weighted by molar-refractivity contribution is 5.92. The van der Waals surface area contributed by atoms with Crippen molar-refractivity contribution >= 4 is 5.91 Å². The minimum atomic E-state index is -0.136. The number of aliphatic hydroxyl groups excluding tert-OH is 1. The van der Waals surface area contributed by atoms with Gasteiger partial charge in [0.1, 0.15) is 5.69 Å². The number of hydrogen-bond acceptors (Lipinski definition) is 3. The fourth-order valence-corrected chi connectivity index (χ4v) is 1.53. The van der Waals surface area contributed by atoms with E-state index >= 15 is 0 Å². The van der Waals surface area contributed by atoms with Crippen molar-refractivity contribution in [2.24, 2.45) is 0 Å². The van der Waals surface area contributed by atoms with E-state index in [2.05, 4.69) is 10.4 Å². The quantitative estimate of drug-likeness (QED) is 0.775. The number of aromatic nitrogens is 2. The second-order valence-corrected chi connectivity index (χ2v) is 3.87. The number of aryl methyl sites for hydroxylation is 2. The van der Waals surface area contributed by atoms with Crippen LogP contribution in [0.15, 0.2) is 6.07 Å². The topological polar surface area (TPSA) is 67.2 Å². The molecule has 0 radical (unpaired) electrons. The molecule has 16 heavy (non-hydrogen) atoms. The number of carbonyl (C=O) groups excluding carboxylic acids is 1. The summed E-state index contributed by atoms with van der Waals surface area (Å²) in [6.07, 6.45) is 0.561. The Morgan fingerprint density at radius 3 is 2.94 bits per heavy atom. The van der Waals surface area contributed by atoms with Gasteiger partial charge in [-0.2, -0.15) is 5.10 Å². The van der Waals surface area contributed by atoms with Crippen molar-refractivity contribution in [2.75, 3.05) is 6.61 Å². The molecule has 1 rings (SSSR count). The summed E-state index contributed by atoms with van der Waals surface area (Å²) in [5, 5.41) is 15.8. The van der Waals surface area contributed by atoms with Crippen molar-refractivity contribution in [1.82, 2.24) is 15.1 Å². The van der Waals surface area contributed by atoms with Crippen molar-refractivity contribution in [3.05, 3.63) is 17.5 Å². The fourth-order valence-electron chi connectivity index (χ4n) is 1.53. The van der Waals surface area contributed by atoms with Crippen LogP contribution in [0.1, 0.15) is 36.5 Å². The standard InChI is InChI=1S/C11H19N3O2/c1-4-14-10(7-9(3)13-14)11(16)12-8(2)5-6-15/h7-8,15H,4-6H2,1-3H3,(H,12,16). The summed E-state index contributed by atoms with van der Waals surface area (Å²) in [4.78, 5) is 11.9. The van der Waals surface area contributed by atoms with Crippen LogP contribution < -0.4 is 5.32 Å². The van der Waals surface area contributed by atoms with E-state index in [9.17, 15) is 4.79 Å². The van der Waals surface area contributed by atoms with Crippen LogP contribution in [0.2, 0.25) is 0 Å². The van der Waals surface area contributed by atoms with E-state index < -0.39 is 0 Å². The Balaban J connectivity index is 2.72. The summed E-state index contributed by atoms with van der Waals surface area (Å²) in [7, 11) is 0. The van der Waals surface area contributed by atoms with E-state index in [0.717, 1.165) is 5.69 Å². The first-order chi connectivity index (χ1) is 7.58. The zero-order chi connectivity index (χ0) is 12.1. The molecule has 0 spiro atoms. The highest BCUT2D eigenvalue weighted by Crippen LogP contribution is 2.04. The van der Waals surface area contributed by atoms with Crippen LogP contribution in [0.5, 0.6) is 0 Å². The van der Waals surface area contributed by atoms with Crippen molar-refractivity contribution in [3.8, 4) is 0 Å². The maximum Gasteiger partial charge on any atom is 0.269 e. The van der Waals surface area contributed by atoms with Crippen LogP contribution in [0.4, 0.5) is 0 Å². The van der Waals surface area contributed by atoms with E-state index in [-0.39, 0.29) is 18.6 Å². The Morgan fingerprint density at radius 1 is 1.69 bits per heavy atom. The van der Waals surface area contributed by atoms with E-state index in [4.69, 9.17) is 5.11 Å². The molecular formula is C11H19N3O2. The van der Waals surface area contributed by atoms with Crippen LogP contribution >= 0.6 is 0 Å². The molecule has 5 nitrogen and oxygen atoms in total. The number of carbonyl (C=O) groups is 1. The molecule has 1 aromatic rings. The van der Waals surface area contributed by atoms with Gasteiger partial charge in [0.2, 0.25) is 0 Å². The number of nitrogens with zero attached hydrogens (tertiary/aromatic N) is 2. The van der Waals surface area contributed by atoms with Gasteiger partial charge in [-0.1, -0.05) is 0 Å². The highest BCUT2D eigenvalue weighted by atomic mass is 16.3. The first-order valence-electron chi connectivity index (χ1n) is 5.54. The van der Waals surface area contributed by atoms with Gasteiger partial charge in [-0.05, 0) is 33.3 Å². The van der Waals surface area contributed by atoms with Crippen LogP contribution in [0.3, 0.4) is 0 Å². The highest BCUT2D eigenvalue weighted by Gasteiger charge is 2.14. The Bertz CT molecular complexity index is 360. The Morgan fingerprint density at radius 2 is 2.38 bits per heavy atom. The lowest BCUT2D eigenvalue weighted by atomic mass is 10.2. The number of rotatable bonds is 5. The SMILES string of the molecule is CCn1nc(C)cc1C(=O)NC(C)CCO. The monoisotopic (exact) mass is 225 g/mol. The molecule has 0 aliphatic heterocycles. The van der Waals surface area contributed by atoms with E-state index in [0.29, 0.717) is 18.7 Å². The summed E-state index contributed by atoms with van der Waals surface area (Å²) in [6.45, 7) is 6.42. The van der Waals surface area contributed by atoms with Crippen LogP contribution in [-0.2, 0) is 6.54 Å². The van der Waals surface area contributed by atoms with Crippen LogP contribution in [0.25, 0.3) is 0 Å². The lowest BCUT2D eigenvalue weighted by Gasteiger charge is -2.12. The molecular weight excluding hydrogens is 206 g/mol. The maximum absolute atomic E-state index is 11.9. The van der Waals surface area contributed by atoms with E-state index in [1.54, 1.807) is 10.7 Å². The van der Waals surface area contributed by atoms with Crippen molar-refractivity contribution in [2.45, 2.75) is 39.8 Å². The molecule has 0 saturated carbocycles. The third kappa shape index (κ3) is 3.06. The van der Waals surface area contributed by atoms with Crippen LogP contribution in [0, 0.1) is 6.92 Å². The lowest BCUT2D eigenvalue weighted by molar-refractivity contribution is 0.0923. The molecule has 0 bridgehead atoms. The van der Waals surface area contributed by atoms with Gasteiger partial charge in [0.15, 0.2) is 0 Å². The molecule has 1 unspecified atom stereocenters. The minimum absolute atomic E-state index is 0.0296. The first kappa shape index (κ1) is 12.7. The smallest absolute Gasteiger partial charge is 0.269 e. The predicted octanol–water partition coefficient (Wildman–Crippen LogP) is 0.712. The largest absolute Gasteiger partial charge is 0.396 e. The zero-order valence-corrected chi connectivity index (χ0v) is 10.0. The molecule has 2 N–H and O–H groups in total. The summed E-state index contributed by atoms with van der Waals surface area (Å²) in [5.74, 6) is -0.136. The summed E-state index contributed by atoms with van der Waals surface area (Å²) >= 11 is 0. The van der Waals surface area contributed by atoms with Gasteiger partial charge in [-0.25, -0.2) is 0 Å². The normalized spacial score (nSPS) is 12.5. The van der Waals surface area contributed by atoms with Crippen molar-refractivity contribution < 1.29 is 9.90 Å². The Labute approximate surface area is 95.5 Å². The Hall–Kier alpha value is -1.36. The number of nitrogens with one attached hydrogen (secondary N) is 1. The molecule has 1 heterocycles. The minimum Gasteiger partial charge on any atom is -0.396 e. The molecule has 0 aromatic carbocycles. The molecule has 0 aliphatic rings. The number of amides is 1. The van der Waals surface area contributed by atoms with Crippen molar-refractivity contribution in [3.63, 3.8) is 0 Å². The Kier molecular flexibility index (Phi) is 4.49. The van der Waals surface area contributed by atoms with Gasteiger partial charge in [0.25, 0.3) is 5.91 Å². The van der Waals surface area contributed by atoms with Gasteiger partial charge in [-0.15, -0.1) is 0 Å². The third-order valence-corrected chi connectivity index (χ3v) is 2.37. The van der Waals surface area contributed by atoms with Gasteiger partial charge in [-0.3, -0.25) is 9.48 Å². The average molecular weight is 225 g/mol. The second-order valence-electron chi connectivity index (χ2n) is 3.87. The van der Waals surface area contributed by atoms with Gasteiger partial charge in [0.05, 0.1) is 5.69 Å². The fraction of sp³-hybridized carbons (Fsp3) is 0.636. The zero-order valence-electron chi connectivity index (χ0n) is 10.0. The lowest BCUT2D eigenvalue weighted by Crippen LogP contribution is -2.34. The third-order valence-electron chi connectivity index (χ3n) is 2.37. The molecule has 1 amide bonds. The van der Waals surface area contributed by atoms with Crippen molar-refractivity contribution in [1.29, 1.82) is 0 Å².